The van der Waals surface area contributed by atoms with E-state index in [0.717, 1.165) is 41.9 Å². The Labute approximate surface area is 198 Å². The molecule has 0 fully saturated rings. The number of halogens is 1. The second-order valence-electron chi connectivity index (χ2n) is 8.66. The van der Waals surface area contributed by atoms with Crippen LogP contribution in [0.25, 0.3) is 5.57 Å². The minimum atomic E-state index is -0.0772. The van der Waals surface area contributed by atoms with Crippen LogP contribution in [0.4, 0.5) is 5.69 Å². The van der Waals surface area contributed by atoms with Crippen LogP contribution in [0, 0.1) is 0 Å². The van der Waals surface area contributed by atoms with Crippen molar-refractivity contribution in [1.82, 2.24) is 4.57 Å². The lowest BCUT2D eigenvalue weighted by Gasteiger charge is -2.24. The van der Waals surface area contributed by atoms with Crippen LogP contribution in [0.3, 0.4) is 0 Å². The molecule has 2 aliphatic rings. The molecule has 0 N–H and O–H groups in total. The van der Waals surface area contributed by atoms with Crippen molar-refractivity contribution in [1.29, 1.82) is 0 Å². The molecule has 2 heterocycles. The van der Waals surface area contributed by atoms with Crippen LogP contribution >= 0.6 is 11.6 Å². The largest absolute Gasteiger partial charge is 0.345 e. The van der Waals surface area contributed by atoms with Crippen molar-refractivity contribution in [2.75, 3.05) is 4.90 Å². The van der Waals surface area contributed by atoms with Gasteiger partial charge in [-0.25, -0.2) is 0 Å². The van der Waals surface area contributed by atoms with Crippen LogP contribution in [0.5, 0.6) is 0 Å². The van der Waals surface area contributed by atoms with E-state index in [1.165, 1.54) is 16.7 Å². The van der Waals surface area contributed by atoms with Crippen LogP contribution in [-0.4, -0.2) is 10.5 Å². The fourth-order valence-corrected chi connectivity index (χ4v) is 5.29. The first kappa shape index (κ1) is 20.1. The van der Waals surface area contributed by atoms with Crippen LogP contribution in [-0.2, 0) is 19.5 Å². The smallest absolute Gasteiger partial charge is 0.260 e. The monoisotopic (exact) mass is 450 g/mol. The molecule has 33 heavy (non-hydrogen) atoms. The Bertz CT molecular complexity index is 1410. The Morgan fingerprint density at radius 2 is 1.67 bits per heavy atom. The van der Waals surface area contributed by atoms with Gasteiger partial charge in [0.05, 0.1) is 17.1 Å². The molecule has 1 amide bonds. The standard InChI is InChI=1S/C29H23ClN2O/c30-27-17-21(25-12-5-9-20-7-1-3-11-24(20)25)14-15-26(27)29(33)32-19-23-10-6-16-31(23)18-22-8-2-4-13-28(22)32/h1-4,6-8,10-17H,5,9,18-19H2. The molecule has 0 unspecified atom stereocenters. The number of fused-ring (bicyclic) bond motifs is 3. The molecule has 0 saturated carbocycles. The lowest BCUT2D eigenvalue weighted by atomic mass is 9.87. The van der Waals surface area contributed by atoms with Gasteiger partial charge in [0.15, 0.2) is 0 Å². The molecule has 1 aromatic heterocycles. The summed E-state index contributed by atoms with van der Waals surface area (Å²) in [5.74, 6) is -0.0772. The Hall–Kier alpha value is -3.56. The highest BCUT2D eigenvalue weighted by Gasteiger charge is 2.26. The van der Waals surface area contributed by atoms with Crippen molar-refractivity contribution in [3.8, 4) is 0 Å². The number of amides is 1. The summed E-state index contributed by atoms with van der Waals surface area (Å²) >= 11 is 6.76. The third-order valence-electron chi connectivity index (χ3n) is 6.69. The minimum Gasteiger partial charge on any atom is -0.345 e. The maximum absolute atomic E-state index is 13.8. The lowest BCUT2D eigenvalue weighted by Crippen LogP contribution is -2.30. The fourth-order valence-electron chi connectivity index (χ4n) is 5.02. The molecular weight excluding hydrogens is 428 g/mol. The van der Waals surface area contributed by atoms with Crippen molar-refractivity contribution in [3.05, 3.63) is 130 Å². The maximum atomic E-state index is 13.8. The Balaban J connectivity index is 1.38. The number of anilines is 1. The van der Waals surface area contributed by atoms with E-state index in [1.807, 2.05) is 47.4 Å². The van der Waals surface area contributed by atoms with Gasteiger partial charge >= 0.3 is 0 Å². The van der Waals surface area contributed by atoms with E-state index in [1.54, 1.807) is 0 Å². The molecular formula is C29H23ClN2O. The van der Waals surface area contributed by atoms with Crippen molar-refractivity contribution in [3.63, 3.8) is 0 Å². The van der Waals surface area contributed by atoms with Crippen LogP contribution in [0.1, 0.15) is 44.7 Å². The van der Waals surface area contributed by atoms with E-state index in [-0.39, 0.29) is 5.91 Å². The highest BCUT2D eigenvalue weighted by Crippen LogP contribution is 2.35. The van der Waals surface area contributed by atoms with Crippen molar-refractivity contribution >= 4 is 28.8 Å². The molecule has 6 rings (SSSR count). The van der Waals surface area contributed by atoms with E-state index in [9.17, 15) is 4.79 Å². The summed E-state index contributed by atoms with van der Waals surface area (Å²) in [6.45, 7) is 1.27. The molecule has 1 aliphatic heterocycles. The zero-order valence-electron chi connectivity index (χ0n) is 18.2. The van der Waals surface area contributed by atoms with Gasteiger partial charge in [0.2, 0.25) is 0 Å². The van der Waals surface area contributed by atoms with Crippen molar-refractivity contribution < 1.29 is 4.79 Å². The van der Waals surface area contributed by atoms with Gasteiger partial charge in [-0.3, -0.25) is 4.79 Å². The molecule has 0 spiro atoms. The number of hydrogen-bond donors (Lipinski definition) is 0. The average molecular weight is 451 g/mol. The minimum absolute atomic E-state index is 0.0772. The van der Waals surface area contributed by atoms with E-state index >= 15 is 0 Å². The summed E-state index contributed by atoms with van der Waals surface area (Å²) in [4.78, 5) is 15.6. The van der Waals surface area contributed by atoms with Crippen LogP contribution < -0.4 is 4.90 Å². The molecule has 3 aromatic carbocycles. The van der Waals surface area contributed by atoms with Gasteiger partial charge in [-0.15, -0.1) is 0 Å². The second-order valence-corrected chi connectivity index (χ2v) is 9.06. The SMILES string of the molecule is O=C(c1ccc(C2=CCCc3ccccc32)cc1Cl)N1Cc2cccn2Cc2ccccc21. The quantitative estimate of drug-likeness (QED) is 0.332. The molecule has 4 aromatic rings. The van der Waals surface area contributed by atoms with Crippen LogP contribution in [0.2, 0.25) is 5.02 Å². The Kier molecular flexibility index (Phi) is 4.92. The summed E-state index contributed by atoms with van der Waals surface area (Å²) in [5.41, 5.74) is 8.55. The normalized spacial score (nSPS) is 14.6. The summed E-state index contributed by atoms with van der Waals surface area (Å²) < 4.78 is 2.20. The topological polar surface area (TPSA) is 25.2 Å². The molecule has 0 bridgehead atoms. The van der Waals surface area contributed by atoms with Gasteiger partial charge in [0.25, 0.3) is 5.91 Å². The summed E-state index contributed by atoms with van der Waals surface area (Å²) in [6.07, 6.45) is 6.40. The fraction of sp³-hybridized carbons (Fsp3) is 0.138. The predicted molar refractivity (Wildman–Crippen MR) is 134 cm³/mol. The number of carbonyl (C=O) groups excluding carboxylic acids is 1. The molecule has 4 heteroatoms. The third-order valence-corrected chi connectivity index (χ3v) is 7.00. The first-order valence-corrected chi connectivity index (χ1v) is 11.7. The van der Waals surface area contributed by atoms with Crippen molar-refractivity contribution in [2.24, 2.45) is 0 Å². The molecule has 0 saturated heterocycles. The number of nitrogens with zero attached hydrogens (tertiary/aromatic N) is 2. The second kappa shape index (κ2) is 8.09. The number of aryl methyl sites for hydroxylation is 1. The zero-order valence-corrected chi connectivity index (χ0v) is 18.9. The van der Waals surface area contributed by atoms with Crippen molar-refractivity contribution in [2.45, 2.75) is 25.9 Å². The number of carbonyl (C=O) groups is 1. The number of rotatable bonds is 2. The van der Waals surface area contributed by atoms with Gasteiger partial charge in [-0.1, -0.05) is 66.2 Å². The Morgan fingerprint density at radius 3 is 2.55 bits per heavy atom. The highest BCUT2D eigenvalue weighted by atomic mass is 35.5. The summed E-state index contributed by atoms with van der Waals surface area (Å²) in [7, 11) is 0. The van der Waals surface area contributed by atoms with Gasteiger partial charge in [-0.2, -0.15) is 0 Å². The first-order valence-electron chi connectivity index (χ1n) is 11.3. The highest BCUT2D eigenvalue weighted by molar-refractivity contribution is 6.34. The van der Waals surface area contributed by atoms with Crippen LogP contribution in [0.15, 0.2) is 91.1 Å². The predicted octanol–water partition coefficient (Wildman–Crippen LogP) is 6.73. The van der Waals surface area contributed by atoms with E-state index in [2.05, 4.69) is 53.2 Å². The molecule has 162 valence electrons. The molecule has 0 radical (unpaired) electrons. The maximum Gasteiger partial charge on any atom is 0.260 e. The summed E-state index contributed by atoms with van der Waals surface area (Å²) in [6, 6.07) is 26.6. The lowest BCUT2D eigenvalue weighted by molar-refractivity contribution is 0.0985. The van der Waals surface area contributed by atoms with E-state index in [0.29, 0.717) is 17.1 Å². The number of benzene rings is 3. The van der Waals surface area contributed by atoms with Gasteiger partial charge in [-0.05, 0) is 71.0 Å². The average Bonchev–Trinajstić information content (AvgIpc) is 3.22. The van der Waals surface area contributed by atoms with E-state index < -0.39 is 0 Å². The molecule has 3 nitrogen and oxygen atoms in total. The zero-order chi connectivity index (χ0) is 22.4. The molecule has 0 atom stereocenters. The third kappa shape index (κ3) is 3.49. The number of allylic oxidation sites excluding steroid dienone is 1. The van der Waals surface area contributed by atoms with Gasteiger partial charge in [0, 0.05) is 24.1 Å². The van der Waals surface area contributed by atoms with E-state index in [4.69, 9.17) is 11.6 Å². The summed E-state index contributed by atoms with van der Waals surface area (Å²) in [5, 5.41) is 0.485. The van der Waals surface area contributed by atoms with Gasteiger partial charge < -0.3 is 9.47 Å². The molecule has 1 aliphatic carbocycles. The van der Waals surface area contributed by atoms with Gasteiger partial charge in [0.1, 0.15) is 0 Å². The number of aromatic nitrogens is 1. The Morgan fingerprint density at radius 1 is 0.848 bits per heavy atom. The first-order chi connectivity index (χ1) is 16.2. The number of para-hydroxylation sites is 1. The number of hydrogen-bond acceptors (Lipinski definition) is 1.